The number of nitrogens with zero attached hydrogens (tertiary/aromatic N) is 3. The summed E-state index contributed by atoms with van der Waals surface area (Å²) in [4.78, 5) is 13.1. The molecule has 4 aromatic rings. The zero-order valence-corrected chi connectivity index (χ0v) is 24.2. The molecule has 0 bridgehead atoms. The van der Waals surface area contributed by atoms with E-state index in [1.165, 1.54) is 11.3 Å². The molecule has 0 amide bonds. The molecule has 0 atom stereocenters. The molecule has 208 valence electrons. The number of likely N-dealkylation sites (N-methyl/N-ethyl adjacent to an activating group) is 1. The van der Waals surface area contributed by atoms with Gasteiger partial charge >= 0.3 is 0 Å². The molecule has 2 heterocycles. The Kier molecular flexibility index (Phi) is 12.1. The number of nitrogens with two attached hydrogens (primary N) is 2. The lowest BCUT2D eigenvalue weighted by molar-refractivity contribution is 0.111. The third kappa shape index (κ3) is 7.86. The molecule has 4 N–H and O–H groups in total. The Labute approximate surface area is 232 Å². The minimum Gasteiger partial charge on any atom is -0.374 e. The van der Waals surface area contributed by atoms with Crippen molar-refractivity contribution in [2.75, 3.05) is 18.5 Å². The fourth-order valence-electron chi connectivity index (χ4n) is 4.12. The van der Waals surface area contributed by atoms with Gasteiger partial charge in [0.25, 0.3) is 0 Å². The van der Waals surface area contributed by atoms with E-state index in [0.29, 0.717) is 17.8 Å². The number of rotatable bonds is 5. The quantitative estimate of drug-likeness (QED) is 0.330. The van der Waals surface area contributed by atoms with Crippen LogP contribution in [0.4, 0.5) is 5.69 Å². The molecular formula is C30H39N5O3S. The summed E-state index contributed by atoms with van der Waals surface area (Å²) >= 11 is 0. The highest BCUT2D eigenvalue weighted by Gasteiger charge is 2.19. The van der Waals surface area contributed by atoms with E-state index in [4.69, 9.17) is 10.9 Å². The Bertz CT molecular complexity index is 1460. The van der Waals surface area contributed by atoms with Gasteiger partial charge in [-0.15, -0.1) is 0 Å². The van der Waals surface area contributed by atoms with E-state index in [-0.39, 0.29) is 4.90 Å². The molecular weight excluding hydrogens is 510 g/mol. The van der Waals surface area contributed by atoms with Crippen LogP contribution in [-0.4, -0.2) is 38.1 Å². The Hall–Kier alpha value is -3.79. The molecule has 0 saturated carbocycles. The molecule has 5 rings (SSSR count). The van der Waals surface area contributed by atoms with Gasteiger partial charge in [-0.1, -0.05) is 64.1 Å². The summed E-state index contributed by atoms with van der Waals surface area (Å²) in [7, 11) is -1.66. The van der Waals surface area contributed by atoms with Crippen molar-refractivity contribution in [2.24, 2.45) is 10.9 Å². The van der Waals surface area contributed by atoms with Gasteiger partial charge in [0, 0.05) is 31.4 Å². The molecule has 0 fully saturated rings. The maximum Gasteiger partial charge on any atom is 0.238 e. The third-order valence-electron chi connectivity index (χ3n) is 5.90. The van der Waals surface area contributed by atoms with E-state index in [1.54, 1.807) is 35.1 Å². The summed E-state index contributed by atoms with van der Waals surface area (Å²) in [5, 5.41) is 9.37. The highest BCUT2D eigenvalue weighted by atomic mass is 32.2. The summed E-state index contributed by atoms with van der Waals surface area (Å²) in [5.74, 6) is 0. The van der Waals surface area contributed by atoms with Crippen molar-refractivity contribution >= 4 is 22.0 Å². The number of hydrogen-bond acceptors (Lipinski definition) is 6. The Balaban J connectivity index is 0.000000250. The average Bonchev–Trinajstić information content (AvgIpc) is 3.61. The first-order valence-electron chi connectivity index (χ1n) is 13.1. The zero-order chi connectivity index (χ0) is 29.0. The first-order valence-corrected chi connectivity index (χ1v) is 14.6. The molecule has 0 aliphatic carbocycles. The molecule has 0 saturated heterocycles. The van der Waals surface area contributed by atoms with E-state index >= 15 is 0 Å². The topological polar surface area (TPSA) is 124 Å². The summed E-state index contributed by atoms with van der Waals surface area (Å²) in [6.45, 7) is 9.47. The molecule has 39 heavy (non-hydrogen) atoms. The predicted molar refractivity (Wildman–Crippen MR) is 160 cm³/mol. The molecule has 8 nitrogen and oxygen atoms in total. The van der Waals surface area contributed by atoms with Gasteiger partial charge in [-0.25, -0.2) is 18.2 Å². The summed E-state index contributed by atoms with van der Waals surface area (Å²) in [6.07, 6.45) is 3.36. The van der Waals surface area contributed by atoms with Crippen LogP contribution in [0.15, 0.2) is 83.9 Å². The number of anilines is 1. The minimum absolute atomic E-state index is 0.173. The average molecular weight is 550 g/mol. The smallest absolute Gasteiger partial charge is 0.238 e. The van der Waals surface area contributed by atoms with E-state index in [1.807, 2.05) is 70.2 Å². The summed E-state index contributed by atoms with van der Waals surface area (Å²) in [6, 6.07) is 22.2. The van der Waals surface area contributed by atoms with Gasteiger partial charge in [-0.05, 0) is 59.5 Å². The molecule has 1 aliphatic heterocycles. The van der Waals surface area contributed by atoms with Gasteiger partial charge in [-0.3, -0.25) is 4.79 Å². The van der Waals surface area contributed by atoms with Crippen molar-refractivity contribution in [3.8, 4) is 16.8 Å². The van der Waals surface area contributed by atoms with Crippen LogP contribution in [0.25, 0.3) is 16.8 Å². The lowest BCUT2D eigenvalue weighted by Gasteiger charge is -2.13. The number of fused-ring (bicyclic) bond motifs is 1. The maximum atomic E-state index is 11.7. The fourth-order valence-corrected chi connectivity index (χ4v) is 4.88. The second-order valence-electron chi connectivity index (χ2n) is 8.22. The van der Waals surface area contributed by atoms with Gasteiger partial charge in [-0.2, -0.15) is 5.10 Å². The molecule has 3 aromatic carbocycles. The third-order valence-corrected chi connectivity index (χ3v) is 6.86. The van der Waals surface area contributed by atoms with Crippen LogP contribution in [0.5, 0.6) is 0 Å². The normalized spacial score (nSPS) is 11.6. The Morgan fingerprint density at radius 3 is 2.33 bits per heavy atom. The Morgan fingerprint density at radius 1 is 0.949 bits per heavy atom. The van der Waals surface area contributed by atoms with Crippen molar-refractivity contribution < 1.29 is 13.2 Å². The zero-order valence-electron chi connectivity index (χ0n) is 23.3. The second kappa shape index (κ2) is 15.0. The molecule has 0 radical (unpaired) electrons. The van der Waals surface area contributed by atoms with Gasteiger partial charge in [0.15, 0.2) is 6.29 Å². The fraction of sp³-hybridized carbons (Fsp3) is 0.267. The first kappa shape index (κ1) is 31.4. The van der Waals surface area contributed by atoms with Crippen molar-refractivity contribution in [1.82, 2.24) is 9.78 Å². The number of carbonyl (C=O) groups excluding carboxylic acids is 1. The maximum absolute atomic E-state index is 11.7. The number of primary sulfonamides is 1. The van der Waals surface area contributed by atoms with Crippen LogP contribution < -0.4 is 15.8 Å². The van der Waals surface area contributed by atoms with Gasteiger partial charge < -0.3 is 10.6 Å². The number of aromatic nitrogens is 2. The van der Waals surface area contributed by atoms with Gasteiger partial charge in [0.1, 0.15) is 5.69 Å². The number of benzene rings is 3. The van der Waals surface area contributed by atoms with E-state index in [9.17, 15) is 13.2 Å². The molecule has 9 heteroatoms. The molecule has 1 aliphatic rings. The predicted octanol–water partition coefficient (Wildman–Crippen LogP) is 5.19. The second-order valence-corrected chi connectivity index (χ2v) is 9.75. The molecule has 0 unspecified atom stereocenters. The standard InChI is InChI=1S/C15H16N2O2S.C11H11N3O.2C2H6/c1-17-9-8-12-10-11(6-7-14(12)17)13-4-2-3-5-15(13)20(16,18)19;12-7-9-2-1-3-10(6-9)14-11(8-15)4-5-13-14;2*1-2/h2-7,10H,8-9H2,1H3,(H2,16,18,19);1-6,8H,7,12H2;2*1-2H3. The van der Waals surface area contributed by atoms with Crippen LogP contribution in [0.2, 0.25) is 0 Å². The molecule has 1 aromatic heterocycles. The summed E-state index contributed by atoms with van der Waals surface area (Å²) < 4.78 is 25.0. The monoisotopic (exact) mass is 549 g/mol. The number of sulfonamides is 1. The van der Waals surface area contributed by atoms with Crippen molar-refractivity contribution in [3.63, 3.8) is 0 Å². The van der Waals surface area contributed by atoms with Crippen molar-refractivity contribution in [1.29, 1.82) is 0 Å². The van der Waals surface area contributed by atoms with Crippen LogP contribution in [0, 0.1) is 0 Å². The number of hydrogen-bond donors (Lipinski definition) is 2. The Morgan fingerprint density at radius 2 is 1.67 bits per heavy atom. The largest absolute Gasteiger partial charge is 0.374 e. The first-order chi connectivity index (χ1) is 18.8. The van der Waals surface area contributed by atoms with Crippen molar-refractivity contribution in [2.45, 2.75) is 45.6 Å². The minimum atomic E-state index is -3.72. The highest BCUT2D eigenvalue weighted by molar-refractivity contribution is 7.89. The number of carbonyl (C=O) groups is 1. The van der Waals surface area contributed by atoms with Crippen LogP contribution in [-0.2, 0) is 23.0 Å². The van der Waals surface area contributed by atoms with Crippen LogP contribution in [0.3, 0.4) is 0 Å². The lowest BCUT2D eigenvalue weighted by Crippen LogP contribution is -2.13. The summed E-state index contributed by atoms with van der Waals surface area (Å²) in [5.41, 5.74) is 11.9. The van der Waals surface area contributed by atoms with Gasteiger partial charge in [0.2, 0.25) is 10.0 Å². The lowest BCUT2D eigenvalue weighted by atomic mass is 10.0. The van der Waals surface area contributed by atoms with Gasteiger partial charge in [0.05, 0.1) is 16.8 Å². The molecule has 0 spiro atoms. The highest BCUT2D eigenvalue weighted by Crippen LogP contribution is 2.33. The van der Waals surface area contributed by atoms with Crippen LogP contribution >= 0.6 is 0 Å². The van der Waals surface area contributed by atoms with E-state index in [0.717, 1.165) is 36.1 Å². The SMILES string of the molecule is CC.CC.CN1CCc2cc(-c3ccccc3S(N)(=O)=O)ccc21.NCc1cccc(-n2nccc2C=O)c1. The van der Waals surface area contributed by atoms with E-state index < -0.39 is 10.0 Å². The van der Waals surface area contributed by atoms with E-state index in [2.05, 4.69) is 23.1 Å². The number of aldehydes is 1. The van der Waals surface area contributed by atoms with Crippen LogP contribution in [0.1, 0.15) is 49.3 Å². The van der Waals surface area contributed by atoms with Crippen molar-refractivity contribution in [3.05, 3.63) is 95.8 Å².